The molecule has 0 radical (unpaired) electrons. The van der Waals surface area contributed by atoms with Crippen molar-refractivity contribution in [2.24, 2.45) is 0 Å². The number of carboxylic acids is 1. The van der Waals surface area contributed by atoms with Crippen molar-refractivity contribution in [3.8, 4) is 11.1 Å². The lowest BCUT2D eigenvalue weighted by molar-refractivity contribution is -0.139. The number of hydrogen-bond donors (Lipinski definition) is 3. The molecule has 9 heteroatoms. The van der Waals surface area contributed by atoms with E-state index in [1.807, 2.05) is 36.4 Å². The van der Waals surface area contributed by atoms with Crippen LogP contribution in [0.4, 0.5) is 15.2 Å². The van der Waals surface area contributed by atoms with Gasteiger partial charge in [0.15, 0.2) is 5.13 Å². The van der Waals surface area contributed by atoms with Crippen LogP contribution in [0.25, 0.3) is 21.3 Å². The zero-order valence-electron chi connectivity index (χ0n) is 19.8. The minimum absolute atomic E-state index is 0.143. The van der Waals surface area contributed by atoms with E-state index in [0.717, 1.165) is 32.6 Å². The fraction of sp³-hybridized carbons (Fsp3) is 0.0690. The van der Waals surface area contributed by atoms with Gasteiger partial charge >= 0.3 is 5.97 Å². The first kappa shape index (κ1) is 25.4. The number of carbonyl (C=O) groups is 2. The molecule has 0 bridgehead atoms. The van der Waals surface area contributed by atoms with Crippen LogP contribution in [0.15, 0.2) is 91.0 Å². The molecular formula is C29H21ClFN3O3S. The van der Waals surface area contributed by atoms with E-state index < -0.39 is 17.9 Å². The number of aromatic nitrogens is 1. The number of hydrogen-bond acceptors (Lipinski definition) is 5. The second-order valence-electron chi connectivity index (χ2n) is 8.61. The maximum Gasteiger partial charge on any atom is 0.326 e. The summed E-state index contributed by atoms with van der Waals surface area (Å²) in [4.78, 5) is 28.9. The molecule has 0 saturated heterocycles. The van der Waals surface area contributed by atoms with E-state index >= 15 is 0 Å². The molecule has 38 heavy (non-hydrogen) atoms. The molecule has 0 spiro atoms. The Bertz CT molecular complexity index is 1600. The number of benzene rings is 4. The molecule has 1 unspecified atom stereocenters. The third-order valence-electron chi connectivity index (χ3n) is 5.92. The molecule has 5 rings (SSSR count). The predicted molar refractivity (Wildman–Crippen MR) is 149 cm³/mol. The van der Waals surface area contributed by atoms with E-state index in [4.69, 9.17) is 11.6 Å². The van der Waals surface area contributed by atoms with Crippen molar-refractivity contribution in [2.75, 3.05) is 5.32 Å². The molecule has 0 aliphatic rings. The van der Waals surface area contributed by atoms with Gasteiger partial charge in [-0.25, -0.2) is 14.2 Å². The SMILES string of the molecule is O=C(NC(Cc1ccc(Cl)cc1)C(=O)O)c1ccc(-c2ccc(Nc3nc4ccc(F)cc4s3)cc2)cc1. The fourth-order valence-corrected chi connectivity index (χ4v) is 4.97. The smallest absolute Gasteiger partial charge is 0.326 e. The molecule has 6 nitrogen and oxygen atoms in total. The van der Waals surface area contributed by atoms with E-state index in [2.05, 4.69) is 15.6 Å². The molecule has 1 aromatic heterocycles. The summed E-state index contributed by atoms with van der Waals surface area (Å²) in [7, 11) is 0. The van der Waals surface area contributed by atoms with Gasteiger partial charge in [-0.2, -0.15) is 0 Å². The molecule has 0 fully saturated rings. The zero-order chi connectivity index (χ0) is 26.6. The van der Waals surface area contributed by atoms with Gasteiger partial charge in [0, 0.05) is 22.7 Å². The van der Waals surface area contributed by atoms with Crippen LogP contribution >= 0.6 is 22.9 Å². The second-order valence-corrected chi connectivity index (χ2v) is 10.1. The van der Waals surface area contributed by atoms with Crippen molar-refractivity contribution in [3.05, 3.63) is 113 Å². The van der Waals surface area contributed by atoms with Gasteiger partial charge in [-0.3, -0.25) is 4.79 Å². The van der Waals surface area contributed by atoms with Crippen molar-refractivity contribution >= 4 is 55.8 Å². The standard InChI is InChI=1S/C29H21ClFN3O3S/c30-21-9-1-17(2-10-21)15-25(28(36)37)33-27(35)20-5-3-18(4-6-20)19-7-12-23(13-8-19)32-29-34-24-14-11-22(31)16-26(24)38-29/h1-14,16,25H,15H2,(H,32,34)(H,33,35)(H,36,37). The number of carbonyl (C=O) groups excluding carboxylic acids is 1. The molecule has 0 aliphatic carbocycles. The van der Waals surface area contributed by atoms with Gasteiger partial charge in [-0.1, -0.05) is 59.3 Å². The summed E-state index contributed by atoms with van der Waals surface area (Å²) in [6.45, 7) is 0. The average Bonchev–Trinajstić information content (AvgIpc) is 3.31. The number of halogens is 2. The lowest BCUT2D eigenvalue weighted by atomic mass is 10.0. The highest BCUT2D eigenvalue weighted by molar-refractivity contribution is 7.22. The van der Waals surface area contributed by atoms with E-state index in [1.54, 1.807) is 42.5 Å². The highest BCUT2D eigenvalue weighted by atomic mass is 35.5. The summed E-state index contributed by atoms with van der Waals surface area (Å²) < 4.78 is 14.2. The zero-order valence-corrected chi connectivity index (χ0v) is 21.4. The average molecular weight is 546 g/mol. The van der Waals surface area contributed by atoms with Gasteiger partial charge in [0.2, 0.25) is 0 Å². The lowest BCUT2D eigenvalue weighted by Crippen LogP contribution is -2.42. The van der Waals surface area contributed by atoms with E-state index in [-0.39, 0.29) is 12.2 Å². The van der Waals surface area contributed by atoms with E-state index in [1.165, 1.54) is 23.5 Å². The van der Waals surface area contributed by atoms with Gasteiger partial charge in [-0.05, 0) is 71.3 Å². The number of aliphatic carboxylic acids is 1. The Balaban J connectivity index is 1.23. The number of carboxylic acid groups (broad SMARTS) is 1. The molecule has 0 aliphatic heterocycles. The van der Waals surface area contributed by atoms with Crippen LogP contribution in [-0.4, -0.2) is 28.0 Å². The van der Waals surface area contributed by atoms with Crippen LogP contribution in [0, 0.1) is 5.82 Å². The quantitative estimate of drug-likeness (QED) is 0.197. The molecule has 1 heterocycles. The number of rotatable bonds is 8. The lowest BCUT2D eigenvalue weighted by Gasteiger charge is -2.15. The first-order chi connectivity index (χ1) is 18.3. The predicted octanol–water partition coefficient (Wildman–Crippen LogP) is 6.93. The van der Waals surface area contributed by atoms with Gasteiger partial charge in [0.05, 0.1) is 10.2 Å². The minimum atomic E-state index is -1.11. The molecule has 3 N–H and O–H groups in total. The summed E-state index contributed by atoms with van der Waals surface area (Å²) in [5, 5.41) is 16.6. The van der Waals surface area contributed by atoms with Crippen molar-refractivity contribution in [2.45, 2.75) is 12.5 Å². The van der Waals surface area contributed by atoms with Gasteiger partial charge < -0.3 is 15.7 Å². The number of nitrogens with zero attached hydrogens (tertiary/aromatic N) is 1. The summed E-state index contributed by atoms with van der Waals surface area (Å²) in [5.41, 5.74) is 4.54. The molecule has 1 atom stereocenters. The molecular weight excluding hydrogens is 525 g/mol. The van der Waals surface area contributed by atoms with Crippen molar-refractivity contribution in [1.82, 2.24) is 10.3 Å². The topological polar surface area (TPSA) is 91.3 Å². The highest BCUT2D eigenvalue weighted by Gasteiger charge is 2.21. The van der Waals surface area contributed by atoms with Crippen molar-refractivity contribution in [3.63, 3.8) is 0 Å². The summed E-state index contributed by atoms with van der Waals surface area (Å²) >= 11 is 7.26. The first-order valence-corrected chi connectivity index (χ1v) is 12.9. The Kier molecular flexibility index (Phi) is 7.35. The summed E-state index contributed by atoms with van der Waals surface area (Å²) in [6.07, 6.45) is 0.143. The van der Waals surface area contributed by atoms with Crippen molar-refractivity contribution in [1.29, 1.82) is 0 Å². The molecule has 1 amide bonds. The number of amides is 1. The van der Waals surface area contributed by atoms with Gasteiger partial charge in [0.25, 0.3) is 5.91 Å². The molecule has 0 saturated carbocycles. The number of thiazole rings is 1. The van der Waals surface area contributed by atoms with Crippen LogP contribution in [-0.2, 0) is 11.2 Å². The molecule has 190 valence electrons. The van der Waals surface area contributed by atoms with E-state index in [9.17, 15) is 19.1 Å². The Morgan fingerprint density at radius 3 is 2.24 bits per heavy atom. The maximum atomic E-state index is 13.4. The van der Waals surface area contributed by atoms with Crippen LogP contribution < -0.4 is 10.6 Å². The normalized spacial score (nSPS) is 11.7. The van der Waals surface area contributed by atoms with Crippen LogP contribution in [0.5, 0.6) is 0 Å². The summed E-state index contributed by atoms with van der Waals surface area (Å²) in [5.74, 6) is -1.87. The third-order valence-corrected chi connectivity index (χ3v) is 7.11. The highest BCUT2D eigenvalue weighted by Crippen LogP contribution is 2.30. The maximum absolute atomic E-state index is 13.4. The van der Waals surface area contributed by atoms with E-state index in [0.29, 0.717) is 15.7 Å². The van der Waals surface area contributed by atoms with Crippen LogP contribution in [0.3, 0.4) is 0 Å². The van der Waals surface area contributed by atoms with Gasteiger partial charge in [-0.15, -0.1) is 0 Å². The Hall–Kier alpha value is -4.27. The monoisotopic (exact) mass is 545 g/mol. The Morgan fingerprint density at radius 2 is 1.58 bits per heavy atom. The third kappa shape index (κ3) is 5.99. The van der Waals surface area contributed by atoms with Crippen molar-refractivity contribution < 1.29 is 19.1 Å². The molecule has 5 aromatic rings. The molecule has 4 aromatic carbocycles. The Morgan fingerprint density at radius 1 is 0.921 bits per heavy atom. The fourth-order valence-electron chi connectivity index (χ4n) is 3.93. The summed E-state index contributed by atoms with van der Waals surface area (Å²) in [6, 6.07) is 24.9. The minimum Gasteiger partial charge on any atom is -0.480 e. The van der Waals surface area contributed by atoms with Gasteiger partial charge in [0.1, 0.15) is 11.9 Å². The van der Waals surface area contributed by atoms with Crippen LogP contribution in [0.1, 0.15) is 15.9 Å². The number of anilines is 2. The largest absolute Gasteiger partial charge is 0.480 e. The Labute approximate surface area is 226 Å². The van der Waals surface area contributed by atoms with Crippen LogP contribution in [0.2, 0.25) is 5.02 Å². The second kappa shape index (κ2) is 11.0. The number of fused-ring (bicyclic) bond motifs is 1. The number of nitrogens with one attached hydrogen (secondary N) is 2. The first-order valence-electron chi connectivity index (χ1n) is 11.7.